The summed E-state index contributed by atoms with van der Waals surface area (Å²) in [4.78, 5) is 0. The molecule has 0 saturated carbocycles. The highest BCUT2D eigenvalue weighted by atomic mass is 35.5. The molecular weight excluding hydrogens is 370 g/mol. The number of halogens is 1. The minimum atomic E-state index is -2.02. The first-order valence-corrected chi connectivity index (χ1v) is 12.5. The first-order chi connectivity index (χ1) is 12.7. The van der Waals surface area contributed by atoms with Gasteiger partial charge in [0.15, 0.2) is 0 Å². The van der Waals surface area contributed by atoms with Crippen molar-refractivity contribution >= 4 is 25.6 Å². The van der Waals surface area contributed by atoms with Gasteiger partial charge in [-0.3, -0.25) is 0 Å². The van der Waals surface area contributed by atoms with Gasteiger partial charge in [0.2, 0.25) is 0 Å². The Labute approximate surface area is 171 Å². The lowest BCUT2D eigenvalue weighted by molar-refractivity contribution is 0.480. The molecule has 2 aromatic carbocycles. The van der Waals surface area contributed by atoms with E-state index in [1.807, 2.05) is 12.1 Å². The molecule has 0 heterocycles. The van der Waals surface area contributed by atoms with Crippen molar-refractivity contribution in [3.8, 4) is 5.75 Å². The third kappa shape index (κ3) is 4.70. The lowest BCUT2D eigenvalue weighted by Crippen LogP contribution is -2.50. The van der Waals surface area contributed by atoms with Crippen molar-refractivity contribution in [3.05, 3.63) is 58.6 Å². The van der Waals surface area contributed by atoms with Gasteiger partial charge in [-0.25, -0.2) is 0 Å². The molecule has 0 aliphatic carbocycles. The van der Waals surface area contributed by atoms with Crippen LogP contribution >= 0.6 is 11.6 Å². The molecule has 0 atom stereocenters. The van der Waals surface area contributed by atoms with Crippen molar-refractivity contribution < 1.29 is 4.43 Å². The quantitative estimate of drug-likeness (QED) is 0.453. The predicted molar refractivity (Wildman–Crippen MR) is 122 cm³/mol. The Morgan fingerprint density at radius 1 is 0.889 bits per heavy atom. The number of anilines is 1. The highest BCUT2D eigenvalue weighted by Crippen LogP contribution is 2.45. The fourth-order valence-electron chi connectivity index (χ4n) is 4.27. The van der Waals surface area contributed by atoms with Gasteiger partial charge >= 0.3 is 0 Å². The Morgan fingerprint density at radius 2 is 1.44 bits per heavy atom. The van der Waals surface area contributed by atoms with Crippen molar-refractivity contribution in [3.63, 3.8) is 0 Å². The van der Waals surface area contributed by atoms with Crippen molar-refractivity contribution in [2.45, 2.75) is 71.6 Å². The summed E-state index contributed by atoms with van der Waals surface area (Å²) in [6.07, 6.45) is 0. The van der Waals surface area contributed by atoms with Crippen LogP contribution in [0.2, 0.25) is 21.6 Å². The third-order valence-corrected chi connectivity index (χ3v) is 12.1. The summed E-state index contributed by atoms with van der Waals surface area (Å²) >= 11 is 6.76. The summed E-state index contributed by atoms with van der Waals surface area (Å²) in [5.74, 6) is 0.835. The number of rotatable bonds is 8. The van der Waals surface area contributed by atoms with Gasteiger partial charge in [-0.1, -0.05) is 83.5 Å². The van der Waals surface area contributed by atoms with Gasteiger partial charge in [-0.2, -0.15) is 0 Å². The molecule has 2 nitrogen and oxygen atoms in total. The molecule has 27 heavy (non-hydrogen) atoms. The molecule has 0 unspecified atom stereocenters. The van der Waals surface area contributed by atoms with E-state index >= 15 is 0 Å². The second-order valence-electron chi connectivity index (χ2n) is 8.31. The Hall–Kier alpha value is -1.45. The van der Waals surface area contributed by atoms with Crippen LogP contribution in [0.25, 0.3) is 0 Å². The average molecular weight is 404 g/mol. The van der Waals surface area contributed by atoms with Crippen LogP contribution in [0.3, 0.4) is 0 Å². The van der Waals surface area contributed by atoms with Crippen LogP contribution in [0, 0.1) is 6.92 Å². The summed E-state index contributed by atoms with van der Waals surface area (Å²) in [7, 11) is -2.02. The largest absolute Gasteiger partial charge is 0.542 e. The summed E-state index contributed by atoms with van der Waals surface area (Å²) in [5.41, 5.74) is 4.91. The van der Waals surface area contributed by atoms with E-state index in [1.54, 1.807) is 0 Å². The van der Waals surface area contributed by atoms with Crippen molar-refractivity contribution in [1.82, 2.24) is 0 Å². The molecule has 1 N–H and O–H groups in total. The molecule has 148 valence electrons. The standard InChI is InChI=1S/C23H34ClNOSi/c1-16(2)27(17(3)4,18(5)6)26-22-14-13-21(19(7)23(22)24)25-15-20-11-9-8-10-12-20/h8-14,16-18,25H,15H2,1-7H3. The Balaban J connectivity index is 2.27. The number of hydrogen-bond donors (Lipinski definition) is 1. The van der Waals surface area contributed by atoms with Gasteiger partial charge in [0.1, 0.15) is 5.75 Å². The molecule has 4 heteroatoms. The van der Waals surface area contributed by atoms with Crippen LogP contribution in [0.15, 0.2) is 42.5 Å². The highest BCUT2D eigenvalue weighted by Gasteiger charge is 2.47. The van der Waals surface area contributed by atoms with E-state index < -0.39 is 8.32 Å². The van der Waals surface area contributed by atoms with E-state index in [0.29, 0.717) is 16.6 Å². The van der Waals surface area contributed by atoms with Crippen LogP contribution in [0.1, 0.15) is 52.7 Å². The fraction of sp³-hybridized carbons (Fsp3) is 0.478. The Kier molecular flexibility index (Phi) is 7.41. The van der Waals surface area contributed by atoms with Crippen molar-refractivity contribution in [2.75, 3.05) is 5.32 Å². The molecule has 0 radical (unpaired) electrons. The second kappa shape index (κ2) is 9.16. The topological polar surface area (TPSA) is 21.3 Å². The number of hydrogen-bond acceptors (Lipinski definition) is 2. The predicted octanol–water partition coefficient (Wildman–Crippen LogP) is 7.81. The van der Waals surface area contributed by atoms with Crippen LogP contribution < -0.4 is 9.74 Å². The number of nitrogens with one attached hydrogen (secondary N) is 1. The van der Waals surface area contributed by atoms with Gasteiger partial charge in [-0.15, -0.1) is 0 Å². The molecule has 0 bridgehead atoms. The third-order valence-electron chi connectivity index (χ3n) is 5.67. The molecule has 2 aromatic rings. The lowest BCUT2D eigenvalue weighted by Gasteiger charge is -2.42. The monoisotopic (exact) mass is 403 g/mol. The molecule has 0 aromatic heterocycles. The van der Waals surface area contributed by atoms with Crippen LogP contribution in [0.4, 0.5) is 5.69 Å². The smallest absolute Gasteiger partial charge is 0.258 e. The maximum absolute atomic E-state index is 6.79. The van der Waals surface area contributed by atoms with Crippen LogP contribution in [-0.4, -0.2) is 8.32 Å². The van der Waals surface area contributed by atoms with Gasteiger partial charge in [-0.05, 0) is 46.8 Å². The van der Waals surface area contributed by atoms with Gasteiger partial charge < -0.3 is 9.74 Å². The van der Waals surface area contributed by atoms with E-state index in [-0.39, 0.29) is 0 Å². The van der Waals surface area contributed by atoms with E-state index in [4.69, 9.17) is 16.0 Å². The number of benzene rings is 2. The van der Waals surface area contributed by atoms with Crippen molar-refractivity contribution in [2.24, 2.45) is 0 Å². The average Bonchev–Trinajstić information content (AvgIpc) is 2.62. The molecular formula is C23H34ClNOSi. The summed E-state index contributed by atoms with van der Waals surface area (Å²) < 4.78 is 6.79. The molecule has 0 amide bonds. The van der Waals surface area contributed by atoms with Crippen LogP contribution in [-0.2, 0) is 6.54 Å². The summed E-state index contributed by atoms with van der Waals surface area (Å²) in [6.45, 7) is 16.6. The van der Waals surface area contributed by atoms with Crippen molar-refractivity contribution in [1.29, 1.82) is 0 Å². The Morgan fingerprint density at radius 3 is 1.96 bits per heavy atom. The molecule has 0 saturated heterocycles. The van der Waals surface area contributed by atoms with Gasteiger partial charge in [0, 0.05) is 12.2 Å². The molecule has 0 aliphatic rings. The zero-order valence-electron chi connectivity index (χ0n) is 17.8. The fourth-order valence-corrected chi connectivity index (χ4v) is 9.79. The minimum absolute atomic E-state index is 0.518. The van der Waals surface area contributed by atoms with E-state index in [0.717, 1.165) is 28.6 Å². The maximum Gasteiger partial charge on any atom is 0.258 e. The molecule has 2 rings (SSSR count). The highest BCUT2D eigenvalue weighted by molar-refractivity contribution is 6.78. The molecule has 0 fully saturated rings. The van der Waals surface area contributed by atoms with E-state index in [1.165, 1.54) is 5.56 Å². The summed E-state index contributed by atoms with van der Waals surface area (Å²) in [5, 5.41) is 4.23. The molecule has 0 spiro atoms. The van der Waals surface area contributed by atoms with Crippen LogP contribution in [0.5, 0.6) is 5.75 Å². The second-order valence-corrected chi connectivity index (χ2v) is 14.1. The first kappa shape index (κ1) is 21.8. The lowest BCUT2D eigenvalue weighted by atomic mass is 10.1. The van der Waals surface area contributed by atoms with Gasteiger partial charge in [0.25, 0.3) is 8.32 Å². The SMILES string of the molecule is Cc1c(NCc2ccccc2)ccc(O[Si](C(C)C)(C(C)C)C(C)C)c1Cl. The van der Waals surface area contributed by atoms with E-state index in [9.17, 15) is 0 Å². The first-order valence-electron chi connectivity index (χ1n) is 9.96. The Bertz CT molecular complexity index is 722. The zero-order valence-corrected chi connectivity index (χ0v) is 19.5. The maximum atomic E-state index is 6.79. The molecule has 0 aliphatic heterocycles. The summed E-state index contributed by atoms with van der Waals surface area (Å²) in [6, 6.07) is 14.5. The zero-order chi connectivity index (χ0) is 20.2. The minimum Gasteiger partial charge on any atom is -0.542 e. The van der Waals surface area contributed by atoms with E-state index in [2.05, 4.69) is 84.1 Å². The van der Waals surface area contributed by atoms with Gasteiger partial charge in [0.05, 0.1) is 5.02 Å². The normalized spacial score (nSPS) is 12.1.